The van der Waals surface area contributed by atoms with Crippen LogP contribution in [-0.2, 0) is 13.1 Å². The average molecular weight is 546 g/mol. The monoisotopic (exact) mass is 545 g/mol. The van der Waals surface area contributed by atoms with Crippen LogP contribution in [-0.4, -0.2) is 51.5 Å². The Morgan fingerprint density at radius 3 is 2.42 bits per heavy atom. The van der Waals surface area contributed by atoms with E-state index in [9.17, 15) is 27.5 Å². The summed E-state index contributed by atoms with van der Waals surface area (Å²) in [5, 5.41) is 18.4. The molecule has 9 nitrogen and oxygen atoms in total. The van der Waals surface area contributed by atoms with Crippen molar-refractivity contribution in [2.24, 2.45) is 0 Å². The number of pyridine rings is 1. The van der Waals surface area contributed by atoms with Crippen molar-refractivity contribution in [3.05, 3.63) is 74.8 Å². The van der Waals surface area contributed by atoms with Gasteiger partial charge in [0, 0.05) is 16.8 Å². The summed E-state index contributed by atoms with van der Waals surface area (Å²) in [6.07, 6.45) is -7.95. The molecule has 1 aromatic carbocycles. The van der Waals surface area contributed by atoms with Crippen molar-refractivity contribution in [1.29, 1.82) is 0 Å². The first-order valence-corrected chi connectivity index (χ1v) is 11.1. The van der Waals surface area contributed by atoms with Crippen LogP contribution < -0.4 is 5.69 Å². The van der Waals surface area contributed by atoms with Crippen molar-refractivity contribution >= 4 is 23.2 Å². The lowest BCUT2D eigenvalue weighted by atomic mass is 10.2. The van der Waals surface area contributed by atoms with Crippen molar-refractivity contribution in [3.63, 3.8) is 0 Å². The van der Waals surface area contributed by atoms with Gasteiger partial charge in [0.2, 0.25) is 0 Å². The van der Waals surface area contributed by atoms with Gasteiger partial charge in [-0.15, -0.1) is 10.2 Å². The Bertz CT molecular complexity index is 1430. The molecule has 3 aromatic heterocycles. The van der Waals surface area contributed by atoms with E-state index in [4.69, 9.17) is 23.2 Å². The molecule has 0 aliphatic carbocycles. The zero-order chi connectivity index (χ0) is 26.2. The van der Waals surface area contributed by atoms with E-state index >= 15 is 0 Å². The normalized spacial score (nSPS) is 13.7. The first-order chi connectivity index (χ1) is 17.0. The van der Waals surface area contributed by atoms with E-state index in [0.29, 0.717) is 9.59 Å². The minimum Gasteiger partial charge on any atom is -0.382 e. The van der Waals surface area contributed by atoms with E-state index in [2.05, 4.69) is 20.2 Å². The van der Waals surface area contributed by atoms with Gasteiger partial charge < -0.3 is 5.11 Å². The Morgan fingerprint density at radius 1 is 1.11 bits per heavy atom. The summed E-state index contributed by atoms with van der Waals surface area (Å²) in [6, 6.07) is 8.96. The Labute approximate surface area is 210 Å². The molecule has 2 atom stereocenters. The highest BCUT2D eigenvalue weighted by Crippen LogP contribution is 2.25. The first kappa shape index (κ1) is 25.8. The smallest absolute Gasteiger partial charge is 0.382 e. The van der Waals surface area contributed by atoms with Gasteiger partial charge in [-0.1, -0.05) is 23.2 Å². The Hall–Kier alpha value is -3.29. The van der Waals surface area contributed by atoms with Crippen molar-refractivity contribution in [2.45, 2.75) is 38.5 Å². The largest absolute Gasteiger partial charge is 0.416 e. The standard InChI is InChI=1S/C21H17Cl2F4N7O2/c1-11(24)17-29-16(30-34(17)19-14(23)3-2-8-28-19)10-33-20(36)32(9-15(35)21(25,26)27)18(31-33)12-4-6-13(22)7-5-12/h2-8,11,15,35H,9-10H2,1H3. The lowest BCUT2D eigenvalue weighted by molar-refractivity contribution is -0.207. The first-order valence-electron chi connectivity index (χ1n) is 10.3. The van der Waals surface area contributed by atoms with Crippen LogP contribution in [0.4, 0.5) is 17.6 Å². The van der Waals surface area contributed by atoms with Gasteiger partial charge in [-0.25, -0.2) is 23.8 Å². The molecule has 2 unspecified atom stereocenters. The van der Waals surface area contributed by atoms with Crippen LogP contribution in [0.1, 0.15) is 24.7 Å². The van der Waals surface area contributed by atoms with Crippen molar-refractivity contribution in [1.82, 2.24) is 34.1 Å². The number of aromatic nitrogens is 7. The average Bonchev–Trinajstić information content (AvgIpc) is 3.36. The predicted molar refractivity (Wildman–Crippen MR) is 122 cm³/mol. The molecular weight excluding hydrogens is 529 g/mol. The van der Waals surface area contributed by atoms with Crippen LogP contribution in [0.2, 0.25) is 10.0 Å². The molecule has 3 heterocycles. The van der Waals surface area contributed by atoms with Crippen molar-refractivity contribution in [2.75, 3.05) is 0 Å². The molecule has 36 heavy (non-hydrogen) atoms. The fourth-order valence-electron chi connectivity index (χ4n) is 3.31. The maximum Gasteiger partial charge on any atom is 0.416 e. The summed E-state index contributed by atoms with van der Waals surface area (Å²) in [5.74, 6) is -0.262. The summed E-state index contributed by atoms with van der Waals surface area (Å²) in [5.41, 5.74) is -0.688. The molecule has 1 N–H and O–H groups in total. The topological polar surface area (TPSA) is 104 Å². The summed E-state index contributed by atoms with van der Waals surface area (Å²) >= 11 is 12.0. The van der Waals surface area contributed by atoms with Crippen LogP contribution in [0.25, 0.3) is 17.2 Å². The second-order valence-electron chi connectivity index (χ2n) is 7.66. The fraction of sp³-hybridized carbons (Fsp3) is 0.286. The number of halogens is 6. The molecule has 0 bridgehead atoms. The summed E-state index contributed by atoms with van der Waals surface area (Å²) < 4.78 is 56.0. The Morgan fingerprint density at radius 2 is 1.81 bits per heavy atom. The lowest BCUT2D eigenvalue weighted by Gasteiger charge is -2.15. The molecule has 0 fully saturated rings. The number of benzene rings is 1. The molecule has 0 saturated heterocycles. The highest BCUT2D eigenvalue weighted by atomic mass is 35.5. The maximum atomic E-state index is 14.3. The number of hydrogen-bond acceptors (Lipinski definition) is 6. The van der Waals surface area contributed by atoms with E-state index in [0.717, 1.165) is 9.36 Å². The van der Waals surface area contributed by atoms with Gasteiger partial charge in [-0.05, 0) is 43.3 Å². The number of hydrogen-bond donors (Lipinski definition) is 1. The summed E-state index contributed by atoms with van der Waals surface area (Å²) in [6.45, 7) is -0.288. The van der Waals surface area contributed by atoms with E-state index in [-0.39, 0.29) is 33.9 Å². The second-order valence-corrected chi connectivity index (χ2v) is 8.51. The van der Waals surface area contributed by atoms with E-state index < -0.39 is 37.2 Å². The van der Waals surface area contributed by atoms with Crippen LogP contribution in [0, 0.1) is 0 Å². The van der Waals surface area contributed by atoms with Gasteiger partial charge in [0.05, 0.1) is 11.6 Å². The SMILES string of the molecule is CC(F)c1nc(Cn2nc(-c3ccc(Cl)cc3)n(CC(O)C(F)(F)F)c2=O)nn1-c1ncccc1Cl. The number of alkyl halides is 4. The highest BCUT2D eigenvalue weighted by Gasteiger charge is 2.39. The van der Waals surface area contributed by atoms with Crippen molar-refractivity contribution in [3.8, 4) is 17.2 Å². The van der Waals surface area contributed by atoms with Gasteiger partial charge in [-0.3, -0.25) is 4.57 Å². The van der Waals surface area contributed by atoms with Crippen LogP contribution in [0.5, 0.6) is 0 Å². The highest BCUT2D eigenvalue weighted by molar-refractivity contribution is 6.32. The zero-order valence-corrected chi connectivity index (χ0v) is 19.9. The number of rotatable bonds is 7. The van der Waals surface area contributed by atoms with E-state index in [1.807, 2.05) is 0 Å². The van der Waals surface area contributed by atoms with Crippen LogP contribution in [0.3, 0.4) is 0 Å². The number of aliphatic hydroxyl groups is 1. The third-order valence-electron chi connectivity index (χ3n) is 5.02. The second kappa shape index (κ2) is 9.99. The molecule has 0 spiro atoms. The quantitative estimate of drug-likeness (QED) is 0.352. The fourth-order valence-corrected chi connectivity index (χ4v) is 3.64. The molecule has 0 aliphatic rings. The third-order valence-corrected chi connectivity index (χ3v) is 5.57. The van der Waals surface area contributed by atoms with Gasteiger partial charge in [0.1, 0.15) is 6.54 Å². The van der Waals surface area contributed by atoms with Gasteiger partial charge in [0.25, 0.3) is 0 Å². The molecule has 0 radical (unpaired) electrons. The molecule has 190 valence electrons. The molecule has 0 aliphatic heterocycles. The van der Waals surface area contributed by atoms with E-state index in [1.54, 1.807) is 6.07 Å². The molecule has 0 amide bonds. The maximum absolute atomic E-state index is 14.3. The Balaban J connectivity index is 1.78. The summed E-state index contributed by atoms with van der Waals surface area (Å²) in [7, 11) is 0. The number of nitrogens with zero attached hydrogens (tertiary/aromatic N) is 7. The predicted octanol–water partition coefficient (Wildman–Crippen LogP) is 4.00. The zero-order valence-electron chi connectivity index (χ0n) is 18.4. The number of aliphatic hydroxyl groups excluding tert-OH is 1. The van der Waals surface area contributed by atoms with Crippen LogP contribution in [0.15, 0.2) is 47.4 Å². The molecule has 4 rings (SSSR count). The third kappa shape index (κ3) is 5.27. The van der Waals surface area contributed by atoms with Gasteiger partial charge in [0.15, 0.2) is 35.6 Å². The molecule has 4 aromatic rings. The van der Waals surface area contributed by atoms with Crippen molar-refractivity contribution < 1.29 is 22.7 Å². The molecular formula is C21H17Cl2F4N7O2. The van der Waals surface area contributed by atoms with Crippen LogP contribution >= 0.6 is 23.2 Å². The van der Waals surface area contributed by atoms with E-state index in [1.165, 1.54) is 43.5 Å². The van der Waals surface area contributed by atoms with Gasteiger partial charge in [-0.2, -0.15) is 17.9 Å². The summed E-state index contributed by atoms with van der Waals surface area (Å²) in [4.78, 5) is 21.2. The lowest BCUT2D eigenvalue weighted by Crippen LogP contribution is -2.37. The minimum absolute atomic E-state index is 0.0676. The molecule has 0 saturated carbocycles. The molecule has 15 heteroatoms. The van der Waals surface area contributed by atoms with Gasteiger partial charge >= 0.3 is 11.9 Å². The minimum atomic E-state index is -4.97. The Kier molecular flexibility index (Phi) is 7.16.